The molecule has 1 aromatic carbocycles. The summed E-state index contributed by atoms with van der Waals surface area (Å²) in [6.07, 6.45) is -6.48. The molecule has 1 N–H and O–H groups in total. The van der Waals surface area contributed by atoms with E-state index in [1.165, 1.54) is 19.1 Å². The highest BCUT2D eigenvalue weighted by molar-refractivity contribution is 6.30. The Bertz CT molecular complexity index is 343. The third kappa shape index (κ3) is 3.90. The number of hydrogen-bond donors (Lipinski definition) is 1. The first-order chi connectivity index (χ1) is 7.43. The molecular formula is C10H11ClF3NO. The van der Waals surface area contributed by atoms with Crippen LogP contribution < -0.4 is 5.32 Å². The van der Waals surface area contributed by atoms with Gasteiger partial charge in [-0.15, -0.1) is 0 Å². The van der Waals surface area contributed by atoms with E-state index in [1.807, 2.05) is 0 Å². The van der Waals surface area contributed by atoms with Gasteiger partial charge in [0, 0.05) is 17.3 Å². The van der Waals surface area contributed by atoms with Crippen LogP contribution in [0, 0.1) is 0 Å². The first kappa shape index (κ1) is 13.1. The molecule has 0 aliphatic carbocycles. The standard InChI is InChI=1S/C10H11ClF3NO/c1-2-16-9(10(12,13)14)15-8-5-3-4-7(11)6-8/h3-6,9,15H,2H2,1H3/t9-/m1/s1. The van der Waals surface area contributed by atoms with Gasteiger partial charge >= 0.3 is 6.18 Å². The molecule has 0 heterocycles. The van der Waals surface area contributed by atoms with Gasteiger partial charge in [-0.2, -0.15) is 13.2 Å². The maximum atomic E-state index is 12.5. The lowest BCUT2D eigenvalue weighted by molar-refractivity contribution is -0.209. The summed E-state index contributed by atoms with van der Waals surface area (Å²) < 4.78 is 42.0. The van der Waals surface area contributed by atoms with E-state index in [1.54, 1.807) is 12.1 Å². The van der Waals surface area contributed by atoms with E-state index in [-0.39, 0.29) is 12.3 Å². The summed E-state index contributed by atoms with van der Waals surface area (Å²) >= 11 is 5.66. The monoisotopic (exact) mass is 253 g/mol. The minimum atomic E-state index is -4.46. The molecule has 0 aliphatic heterocycles. The van der Waals surface area contributed by atoms with Gasteiger partial charge < -0.3 is 10.1 Å². The Morgan fingerprint density at radius 3 is 2.62 bits per heavy atom. The summed E-state index contributed by atoms with van der Waals surface area (Å²) in [4.78, 5) is 0. The second-order valence-corrected chi connectivity index (χ2v) is 3.47. The average Bonchev–Trinajstić information content (AvgIpc) is 2.16. The number of ether oxygens (including phenoxy) is 1. The van der Waals surface area contributed by atoms with Crippen LogP contribution in [0.3, 0.4) is 0 Å². The maximum absolute atomic E-state index is 12.5. The van der Waals surface area contributed by atoms with Gasteiger partial charge in [-0.1, -0.05) is 17.7 Å². The minimum absolute atomic E-state index is 0.0300. The highest BCUT2D eigenvalue weighted by Crippen LogP contribution is 2.25. The van der Waals surface area contributed by atoms with E-state index in [0.29, 0.717) is 5.02 Å². The van der Waals surface area contributed by atoms with Crippen LogP contribution in [0.2, 0.25) is 5.02 Å². The topological polar surface area (TPSA) is 21.3 Å². The van der Waals surface area contributed by atoms with Gasteiger partial charge in [0.1, 0.15) is 0 Å². The molecule has 0 bridgehead atoms. The molecule has 1 rings (SSSR count). The van der Waals surface area contributed by atoms with Gasteiger partial charge in [0.25, 0.3) is 0 Å². The van der Waals surface area contributed by atoms with E-state index in [2.05, 4.69) is 10.1 Å². The molecule has 0 saturated carbocycles. The quantitative estimate of drug-likeness (QED) is 0.827. The molecule has 0 unspecified atom stereocenters. The zero-order valence-corrected chi connectivity index (χ0v) is 9.27. The smallest absolute Gasteiger partial charge is 0.353 e. The number of hydrogen-bond acceptors (Lipinski definition) is 2. The van der Waals surface area contributed by atoms with Crippen molar-refractivity contribution in [1.82, 2.24) is 0 Å². The fourth-order valence-corrected chi connectivity index (χ4v) is 1.30. The zero-order chi connectivity index (χ0) is 12.2. The fourth-order valence-electron chi connectivity index (χ4n) is 1.11. The number of alkyl halides is 3. The van der Waals surface area contributed by atoms with Crippen LogP contribution in [-0.4, -0.2) is 19.0 Å². The molecule has 0 fully saturated rings. The zero-order valence-electron chi connectivity index (χ0n) is 8.51. The molecule has 0 spiro atoms. The van der Waals surface area contributed by atoms with Crippen LogP contribution in [0.5, 0.6) is 0 Å². The van der Waals surface area contributed by atoms with Gasteiger partial charge in [-0.25, -0.2) is 0 Å². The van der Waals surface area contributed by atoms with Gasteiger partial charge in [-0.3, -0.25) is 0 Å². The number of benzene rings is 1. The number of nitrogens with one attached hydrogen (secondary N) is 1. The maximum Gasteiger partial charge on any atom is 0.433 e. The van der Waals surface area contributed by atoms with Crippen LogP contribution in [0.15, 0.2) is 24.3 Å². The number of anilines is 1. The Morgan fingerprint density at radius 1 is 1.44 bits per heavy atom. The van der Waals surface area contributed by atoms with Crippen LogP contribution >= 0.6 is 11.6 Å². The van der Waals surface area contributed by atoms with Crippen molar-refractivity contribution in [3.63, 3.8) is 0 Å². The fraction of sp³-hybridized carbons (Fsp3) is 0.400. The highest BCUT2D eigenvalue weighted by atomic mass is 35.5. The normalized spacial score (nSPS) is 13.6. The molecule has 0 amide bonds. The molecule has 90 valence electrons. The summed E-state index contributed by atoms with van der Waals surface area (Å²) in [7, 11) is 0. The highest BCUT2D eigenvalue weighted by Gasteiger charge is 2.40. The van der Waals surface area contributed by atoms with Gasteiger partial charge in [0.15, 0.2) is 0 Å². The minimum Gasteiger partial charge on any atom is -0.353 e. The summed E-state index contributed by atoms with van der Waals surface area (Å²) in [6, 6.07) is 6.03. The number of rotatable bonds is 4. The largest absolute Gasteiger partial charge is 0.433 e. The lowest BCUT2D eigenvalue weighted by Crippen LogP contribution is -2.38. The first-order valence-electron chi connectivity index (χ1n) is 4.64. The van der Waals surface area contributed by atoms with Crippen molar-refractivity contribution in [2.45, 2.75) is 19.3 Å². The third-order valence-electron chi connectivity index (χ3n) is 1.75. The lowest BCUT2D eigenvalue weighted by atomic mass is 10.3. The van der Waals surface area contributed by atoms with Crippen LogP contribution in [0.4, 0.5) is 18.9 Å². The Balaban J connectivity index is 2.76. The van der Waals surface area contributed by atoms with Crippen LogP contribution in [0.1, 0.15) is 6.92 Å². The van der Waals surface area contributed by atoms with E-state index in [0.717, 1.165) is 0 Å². The third-order valence-corrected chi connectivity index (χ3v) is 1.99. The summed E-state index contributed by atoms with van der Waals surface area (Å²) in [5.74, 6) is 0. The molecule has 0 radical (unpaired) electrons. The van der Waals surface area contributed by atoms with E-state index < -0.39 is 12.4 Å². The predicted octanol–water partition coefficient (Wildman–Crippen LogP) is 3.68. The van der Waals surface area contributed by atoms with Crippen molar-refractivity contribution >= 4 is 17.3 Å². The van der Waals surface area contributed by atoms with Gasteiger partial charge in [0.05, 0.1) is 0 Å². The second kappa shape index (κ2) is 5.41. The Hall–Kier alpha value is -0.940. The van der Waals surface area contributed by atoms with Crippen molar-refractivity contribution in [3.05, 3.63) is 29.3 Å². The van der Waals surface area contributed by atoms with Crippen molar-refractivity contribution in [3.8, 4) is 0 Å². The molecule has 1 aromatic rings. The van der Waals surface area contributed by atoms with Gasteiger partial charge in [0.2, 0.25) is 6.23 Å². The molecule has 1 atom stereocenters. The molecular weight excluding hydrogens is 243 g/mol. The first-order valence-corrected chi connectivity index (χ1v) is 5.01. The molecule has 0 aromatic heterocycles. The van der Waals surface area contributed by atoms with Crippen molar-refractivity contribution < 1.29 is 17.9 Å². The second-order valence-electron chi connectivity index (χ2n) is 3.03. The summed E-state index contributed by atoms with van der Waals surface area (Å²) in [5.41, 5.74) is 0.267. The SMILES string of the molecule is CCO[C@@H](Nc1cccc(Cl)c1)C(F)(F)F. The Labute approximate surface area is 96.4 Å². The Morgan fingerprint density at radius 2 is 2.12 bits per heavy atom. The van der Waals surface area contributed by atoms with Crippen molar-refractivity contribution in [1.29, 1.82) is 0 Å². The Kier molecular flexibility index (Phi) is 4.44. The van der Waals surface area contributed by atoms with E-state index in [9.17, 15) is 13.2 Å². The molecule has 0 saturated heterocycles. The molecule has 16 heavy (non-hydrogen) atoms. The van der Waals surface area contributed by atoms with Crippen LogP contribution in [-0.2, 0) is 4.74 Å². The summed E-state index contributed by atoms with van der Waals surface area (Å²) in [6.45, 7) is 1.47. The summed E-state index contributed by atoms with van der Waals surface area (Å²) in [5, 5.41) is 2.59. The molecule has 0 aliphatic rings. The van der Waals surface area contributed by atoms with E-state index in [4.69, 9.17) is 11.6 Å². The van der Waals surface area contributed by atoms with Crippen molar-refractivity contribution in [2.24, 2.45) is 0 Å². The van der Waals surface area contributed by atoms with Gasteiger partial charge in [-0.05, 0) is 25.1 Å². The average molecular weight is 254 g/mol. The molecule has 2 nitrogen and oxygen atoms in total. The molecule has 6 heteroatoms. The van der Waals surface area contributed by atoms with Crippen molar-refractivity contribution in [2.75, 3.05) is 11.9 Å². The number of halogens is 4. The predicted molar refractivity (Wildman–Crippen MR) is 56.5 cm³/mol. The lowest BCUT2D eigenvalue weighted by Gasteiger charge is -2.22. The van der Waals surface area contributed by atoms with E-state index >= 15 is 0 Å². The van der Waals surface area contributed by atoms with Crippen LogP contribution in [0.25, 0.3) is 0 Å².